The fourth-order valence-electron chi connectivity index (χ4n) is 4.07. The number of nitrogens with one attached hydrogen (secondary N) is 2. The van der Waals surface area contributed by atoms with Crippen molar-refractivity contribution in [2.45, 2.75) is 84.3 Å². The lowest BCUT2D eigenvalue weighted by Crippen LogP contribution is -2.45. The maximum absolute atomic E-state index is 13.2. The summed E-state index contributed by atoms with van der Waals surface area (Å²) in [4.78, 5) is 35.9. The highest BCUT2D eigenvalue weighted by molar-refractivity contribution is 7.89. The second kappa shape index (κ2) is 18.8. The van der Waals surface area contributed by atoms with Crippen LogP contribution in [0.2, 0.25) is 0 Å². The monoisotopic (exact) mass is 646 g/mol. The van der Waals surface area contributed by atoms with E-state index in [0.717, 1.165) is 31.8 Å². The number of hydrogen-bond acceptors (Lipinski definition) is 8. The second-order valence-electron chi connectivity index (χ2n) is 11.5. The minimum atomic E-state index is -3.77. The van der Waals surface area contributed by atoms with Gasteiger partial charge in [0.25, 0.3) is 0 Å². The fourth-order valence-corrected chi connectivity index (χ4v) is 5.47. The van der Waals surface area contributed by atoms with Gasteiger partial charge in [-0.2, -0.15) is 0 Å². The van der Waals surface area contributed by atoms with Crippen LogP contribution in [0.1, 0.15) is 77.3 Å². The van der Waals surface area contributed by atoms with Crippen molar-refractivity contribution in [2.75, 3.05) is 18.9 Å². The first-order valence-electron chi connectivity index (χ1n) is 15.2. The van der Waals surface area contributed by atoms with E-state index in [4.69, 9.17) is 19.3 Å². The van der Waals surface area contributed by atoms with Crippen LogP contribution in [0.3, 0.4) is 0 Å². The third-order valence-electron chi connectivity index (χ3n) is 6.28. The highest BCUT2D eigenvalue weighted by Crippen LogP contribution is 2.21. The normalized spacial score (nSPS) is 12.4. The number of amides is 1. The Morgan fingerprint density at radius 1 is 0.956 bits per heavy atom. The third kappa shape index (κ3) is 16.1. The zero-order valence-electron chi connectivity index (χ0n) is 26.5. The molecule has 0 aliphatic rings. The quantitative estimate of drug-likeness (QED) is 0.0778. The molecule has 0 aromatic heterocycles. The van der Waals surface area contributed by atoms with Crippen molar-refractivity contribution >= 4 is 34.1 Å². The van der Waals surface area contributed by atoms with Crippen molar-refractivity contribution in [3.63, 3.8) is 0 Å². The number of ether oxygens (including phenoxy) is 3. The molecule has 0 saturated carbocycles. The first kappa shape index (κ1) is 37.3. The molecule has 0 unspecified atom stereocenters. The molecular weight excluding hydrogens is 600 g/mol. The molecule has 0 aliphatic heterocycles. The first-order chi connectivity index (χ1) is 21.3. The van der Waals surface area contributed by atoms with E-state index in [0.29, 0.717) is 42.9 Å². The molecule has 0 heterocycles. The van der Waals surface area contributed by atoms with Crippen LogP contribution in [0, 0.1) is 0 Å². The zero-order chi connectivity index (χ0) is 33.3. The summed E-state index contributed by atoms with van der Waals surface area (Å²) in [5.74, 6) is -1.34. The number of benzene rings is 2. The van der Waals surface area contributed by atoms with Crippen molar-refractivity contribution < 1.29 is 42.1 Å². The van der Waals surface area contributed by atoms with Crippen LogP contribution >= 0.6 is 0 Å². The molecule has 45 heavy (non-hydrogen) atoms. The van der Waals surface area contributed by atoms with E-state index in [-0.39, 0.29) is 17.9 Å². The molecular formula is C33H46N2O9S. The molecule has 11 nitrogen and oxygen atoms in total. The Bertz CT molecular complexity index is 1370. The molecule has 1 atom stereocenters. The Kier molecular flexibility index (Phi) is 15.6. The van der Waals surface area contributed by atoms with Gasteiger partial charge in [0.1, 0.15) is 23.1 Å². The zero-order valence-corrected chi connectivity index (χ0v) is 27.4. The molecule has 2 aromatic carbocycles. The van der Waals surface area contributed by atoms with Crippen LogP contribution < -0.4 is 19.5 Å². The lowest BCUT2D eigenvalue weighted by molar-refractivity contribution is -0.136. The maximum atomic E-state index is 13.2. The number of esters is 1. The predicted molar refractivity (Wildman–Crippen MR) is 173 cm³/mol. The summed E-state index contributed by atoms with van der Waals surface area (Å²) in [7, 11) is -3.77. The molecule has 2 rings (SSSR count). The van der Waals surface area contributed by atoms with Crippen LogP contribution in [-0.4, -0.2) is 62.1 Å². The van der Waals surface area contributed by atoms with E-state index in [1.807, 2.05) is 27.7 Å². The highest BCUT2D eigenvalue weighted by Gasteiger charge is 2.27. The molecule has 0 saturated heterocycles. The standard InChI is InChI=1S/C33H46N2O9S/c1-5-6-23-45(40,41)35-28(31(38)43-29-14-10-9-13-26(29)17-20-30(36)37)24-25-15-18-27(19-16-25)42-22-12-8-7-11-21-34-32(39)44-33(2,3)4/h9-10,13-20,28,35H,5-8,11-12,21-24H2,1-4H3,(H,34,39)(H,36,37)/b20-17-/t28-/m0/s1. The number of alkyl carbamates (subject to hydrolysis) is 1. The summed E-state index contributed by atoms with van der Waals surface area (Å²) in [5, 5.41) is 11.7. The van der Waals surface area contributed by atoms with Gasteiger partial charge in [0.15, 0.2) is 0 Å². The minimum Gasteiger partial charge on any atom is -0.494 e. The van der Waals surface area contributed by atoms with Crippen LogP contribution in [0.15, 0.2) is 54.6 Å². The highest BCUT2D eigenvalue weighted by atomic mass is 32.2. The summed E-state index contributed by atoms with van der Waals surface area (Å²) in [6.07, 6.45) is 6.50. The van der Waals surface area contributed by atoms with Gasteiger partial charge in [-0.25, -0.2) is 27.5 Å². The minimum absolute atomic E-state index is 0.0366. The molecule has 0 aliphatic carbocycles. The van der Waals surface area contributed by atoms with E-state index in [1.54, 1.807) is 42.5 Å². The van der Waals surface area contributed by atoms with Gasteiger partial charge in [-0.3, -0.25) is 0 Å². The summed E-state index contributed by atoms with van der Waals surface area (Å²) in [5.41, 5.74) is 0.536. The van der Waals surface area contributed by atoms with Crippen molar-refractivity contribution in [2.24, 2.45) is 0 Å². The van der Waals surface area contributed by atoms with E-state index in [2.05, 4.69) is 10.0 Å². The number of sulfonamides is 1. The van der Waals surface area contributed by atoms with Gasteiger partial charge < -0.3 is 24.6 Å². The maximum Gasteiger partial charge on any atom is 0.407 e. The number of carboxylic acid groups (broad SMARTS) is 1. The van der Waals surface area contributed by atoms with E-state index in [9.17, 15) is 22.8 Å². The van der Waals surface area contributed by atoms with Crippen molar-refractivity contribution in [1.82, 2.24) is 10.0 Å². The Labute approximate surface area is 266 Å². The molecule has 0 fully saturated rings. The SMILES string of the molecule is CCCCS(=O)(=O)N[C@@H](Cc1ccc(OCCCCCCNC(=O)OC(C)(C)C)cc1)C(=O)Oc1ccccc1/C=C\C(=O)O. The van der Waals surface area contributed by atoms with Crippen molar-refractivity contribution in [3.8, 4) is 11.5 Å². The summed E-state index contributed by atoms with van der Waals surface area (Å²) < 4.78 is 44.5. The average molecular weight is 647 g/mol. The molecule has 12 heteroatoms. The predicted octanol–water partition coefficient (Wildman–Crippen LogP) is 5.48. The average Bonchev–Trinajstić information content (AvgIpc) is 2.96. The largest absolute Gasteiger partial charge is 0.494 e. The van der Waals surface area contributed by atoms with Crippen LogP contribution in [0.5, 0.6) is 11.5 Å². The first-order valence-corrected chi connectivity index (χ1v) is 16.8. The number of rotatable bonds is 19. The number of carbonyl (C=O) groups excluding carboxylic acids is 2. The lowest BCUT2D eigenvalue weighted by atomic mass is 10.1. The van der Waals surface area contributed by atoms with Gasteiger partial charge in [-0.1, -0.05) is 56.5 Å². The van der Waals surface area contributed by atoms with Crippen molar-refractivity contribution in [3.05, 3.63) is 65.7 Å². The van der Waals surface area contributed by atoms with E-state index < -0.39 is 39.7 Å². The molecule has 1 amide bonds. The molecule has 3 N–H and O–H groups in total. The number of hydrogen-bond donors (Lipinski definition) is 3. The number of para-hydroxylation sites is 1. The Morgan fingerprint density at radius 3 is 2.31 bits per heavy atom. The topological polar surface area (TPSA) is 157 Å². The summed E-state index contributed by atoms with van der Waals surface area (Å²) in [6, 6.07) is 12.2. The lowest BCUT2D eigenvalue weighted by Gasteiger charge is -2.19. The van der Waals surface area contributed by atoms with E-state index >= 15 is 0 Å². The van der Waals surface area contributed by atoms with Crippen molar-refractivity contribution in [1.29, 1.82) is 0 Å². The van der Waals surface area contributed by atoms with Gasteiger partial charge >= 0.3 is 18.0 Å². The Morgan fingerprint density at radius 2 is 1.64 bits per heavy atom. The van der Waals surface area contributed by atoms with Gasteiger partial charge in [0, 0.05) is 18.2 Å². The van der Waals surface area contributed by atoms with E-state index in [1.165, 1.54) is 12.1 Å². The van der Waals surface area contributed by atoms with Gasteiger partial charge in [-0.05, 0) is 76.3 Å². The number of carbonyl (C=O) groups is 3. The van der Waals surface area contributed by atoms with Crippen LogP contribution in [-0.2, 0) is 30.8 Å². The molecule has 248 valence electrons. The van der Waals surface area contributed by atoms with Crippen LogP contribution in [0.25, 0.3) is 6.08 Å². The Hall–Kier alpha value is -3.90. The second-order valence-corrected chi connectivity index (χ2v) is 13.4. The fraction of sp³-hybridized carbons (Fsp3) is 0.485. The summed E-state index contributed by atoms with van der Waals surface area (Å²) in [6.45, 7) is 8.40. The summed E-state index contributed by atoms with van der Waals surface area (Å²) >= 11 is 0. The molecule has 0 spiro atoms. The van der Waals surface area contributed by atoms with Gasteiger partial charge in [0.2, 0.25) is 10.0 Å². The molecule has 2 aromatic rings. The number of unbranched alkanes of at least 4 members (excludes halogenated alkanes) is 4. The Balaban J connectivity index is 1.93. The molecule has 0 bridgehead atoms. The number of carboxylic acids is 1. The molecule has 0 radical (unpaired) electrons. The van der Waals surface area contributed by atoms with Gasteiger partial charge in [-0.15, -0.1) is 0 Å². The third-order valence-corrected chi connectivity index (χ3v) is 7.75. The number of aliphatic carboxylic acids is 1. The van der Waals surface area contributed by atoms with Gasteiger partial charge in [0.05, 0.1) is 12.4 Å². The smallest absolute Gasteiger partial charge is 0.407 e. The van der Waals surface area contributed by atoms with Crippen LogP contribution in [0.4, 0.5) is 4.79 Å².